The summed E-state index contributed by atoms with van der Waals surface area (Å²) in [6.07, 6.45) is 22.6. The Hall–Kier alpha value is -1.35. The Labute approximate surface area is 200 Å². The number of hydrogen-bond acceptors (Lipinski definition) is 2. The number of aliphatic carboxylic acids is 1. The number of benzene rings is 1. The van der Waals surface area contributed by atoms with E-state index in [1.807, 2.05) is 0 Å². The quantitative estimate of drug-likeness (QED) is 0.258. The molecule has 1 N–H and O–H groups in total. The average Bonchev–Trinajstić information content (AvgIpc) is 2.77. The molecule has 1 aromatic carbocycles. The predicted molar refractivity (Wildman–Crippen MR) is 137 cm³/mol. The van der Waals surface area contributed by atoms with Gasteiger partial charge in [-0.1, -0.05) is 114 Å². The molecule has 0 heterocycles. The van der Waals surface area contributed by atoms with Crippen LogP contribution in [-0.2, 0) is 11.2 Å². The number of aryl methyl sites for hydroxylation is 1. The zero-order chi connectivity index (χ0) is 23.7. The van der Waals surface area contributed by atoms with Crippen molar-refractivity contribution in [2.45, 2.75) is 122 Å². The van der Waals surface area contributed by atoms with E-state index in [0.29, 0.717) is 0 Å². The molecular formula is C29H53NO2. The number of carbonyl (C=O) groups is 1. The molecule has 1 rings (SSSR count). The third-order valence-electron chi connectivity index (χ3n) is 5.97. The molecule has 0 spiro atoms. The number of rotatable bonds is 20. The number of unbranched alkanes of at least 4 members (excludes halogenated alkanes) is 14. The Morgan fingerprint density at radius 1 is 0.688 bits per heavy atom. The average molecular weight is 448 g/mol. The third-order valence-corrected chi connectivity index (χ3v) is 5.97. The summed E-state index contributed by atoms with van der Waals surface area (Å²) in [5, 5.41) is 9.92. The van der Waals surface area contributed by atoms with E-state index in [-0.39, 0.29) is 6.42 Å². The van der Waals surface area contributed by atoms with Gasteiger partial charge in [-0.15, -0.1) is 0 Å². The van der Waals surface area contributed by atoms with Gasteiger partial charge in [-0.05, 0) is 44.1 Å². The highest BCUT2D eigenvalue weighted by Crippen LogP contribution is 2.12. The summed E-state index contributed by atoms with van der Waals surface area (Å²) in [7, 11) is 4.50. The number of quaternary nitrogens is 1. The topological polar surface area (TPSA) is 44.6 Å². The molecule has 0 atom stereocenters. The number of carboxylic acids is 1. The molecule has 0 aromatic heterocycles. The first-order chi connectivity index (χ1) is 15.6. The molecule has 1 aromatic rings. The minimum Gasteiger partial charge on any atom is -0.550 e. The minimum absolute atomic E-state index is 0.226. The van der Waals surface area contributed by atoms with E-state index in [9.17, 15) is 9.90 Å². The first-order valence-electron chi connectivity index (χ1n) is 13.6. The molecule has 0 bridgehead atoms. The Morgan fingerprint density at radius 3 is 1.66 bits per heavy atom. The number of hydrogen-bond donors (Lipinski definition) is 1. The zero-order valence-corrected chi connectivity index (χ0v) is 21.6. The van der Waals surface area contributed by atoms with Crippen molar-refractivity contribution in [3.8, 4) is 0 Å². The Morgan fingerprint density at radius 2 is 1.16 bits per heavy atom. The number of carboxylic acid groups (broad SMARTS) is 1. The fourth-order valence-corrected chi connectivity index (χ4v) is 3.92. The second-order valence-corrected chi connectivity index (χ2v) is 9.62. The first-order valence-corrected chi connectivity index (χ1v) is 13.6. The van der Waals surface area contributed by atoms with Crippen molar-refractivity contribution in [2.24, 2.45) is 0 Å². The first kappa shape index (κ1) is 30.6. The smallest absolute Gasteiger partial charge is 0.0766 e. The zero-order valence-electron chi connectivity index (χ0n) is 21.6. The second-order valence-electron chi connectivity index (χ2n) is 9.62. The van der Waals surface area contributed by atoms with Gasteiger partial charge in [0, 0.05) is 5.97 Å². The summed E-state index contributed by atoms with van der Waals surface area (Å²) in [5.41, 5.74) is 1.50. The normalized spacial score (nSPS) is 10.8. The Balaban J connectivity index is 0.000000809. The van der Waals surface area contributed by atoms with Crippen LogP contribution in [0.25, 0.3) is 0 Å². The number of nitrogens with one attached hydrogen (secondary N) is 1. The molecule has 0 aliphatic heterocycles. The van der Waals surface area contributed by atoms with Gasteiger partial charge in [0.25, 0.3) is 0 Å². The van der Waals surface area contributed by atoms with Gasteiger partial charge in [0.15, 0.2) is 0 Å². The molecule has 3 nitrogen and oxygen atoms in total. The maximum atomic E-state index is 9.92. The summed E-state index contributed by atoms with van der Waals surface area (Å²) in [6, 6.07) is 10.9. The summed E-state index contributed by atoms with van der Waals surface area (Å²) in [5.74, 6) is -0.920. The van der Waals surface area contributed by atoms with Gasteiger partial charge in [0.2, 0.25) is 0 Å². The molecule has 0 amide bonds. The van der Waals surface area contributed by atoms with Gasteiger partial charge in [-0.2, -0.15) is 0 Å². The van der Waals surface area contributed by atoms with Crippen LogP contribution in [0.4, 0.5) is 0 Å². The SMILES string of the molecule is CCCCCCCC(=O)[O-].C[NH+](C)CCCCCCCCCCCCCc1ccccc1. The summed E-state index contributed by atoms with van der Waals surface area (Å²) in [6.45, 7) is 3.47. The van der Waals surface area contributed by atoms with Crippen LogP contribution in [0.3, 0.4) is 0 Å². The van der Waals surface area contributed by atoms with Crippen molar-refractivity contribution in [1.29, 1.82) is 0 Å². The maximum Gasteiger partial charge on any atom is 0.0766 e. The van der Waals surface area contributed by atoms with Crippen LogP contribution in [0.15, 0.2) is 30.3 Å². The molecule has 186 valence electrons. The largest absolute Gasteiger partial charge is 0.550 e. The van der Waals surface area contributed by atoms with Crippen LogP contribution >= 0.6 is 0 Å². The van der Waals surface area contributed by atoms with Crippen molar-refractivity contribution in [2.75, 3.05) is 20.6 Å². The van der Waals surface area contributed by atoms with Crippen LogP contribution in [0.1, 0.15) is 122 Å². The summed E-state index contributed by atoms with van der Waals surface area (Å²) < 4.78 is 0. The van der Waals surface area contributed by atoms with Crippen LogP contribution in [-0.4, -0.2) is 26.6 Å². The summed E-state index contributed by atoms with van der Waals surface area (Å²) in [4.78, 5) is 11.5. The van der Waals surface area contributed by atoms with Crippen molar-refractivity contribution >= 4 is 5.97 Å². The Bertz CT molecular complexity index is 501. The lowest BCUT2D eigenvalue weighted by Gasteiger charge is -2.06. The second kappa shape index (κ2) is 24.3. The minimum atomic E-state index is -0.920. The van der Waals surface area contributed by atoms with Crippen molar-refractivity contribution in [3.63, 3.8) is 0 Å². The van der Waals surface area contributed by atoms with Gasteiger partial charge in [-0.3, -0.25) is 0 Å². The van der Waals surface area contributed by atoms with Crippen LogP contribution in [0.5, 0.6) is 0 Å². The molecule has 0 radical (unpaired) electrons. The van der Waals surface area contributed by atoms with E-state index in [4.69, 9.17) is 0 Å². The van der Waals surface area contributed by atoms with Gasteiger partial charge in [0.1, 0.15) is 0 Å². The van der Waals surface area contributed by atoms with E-state index in [0.717, 1.165) is 19.3 Å². The van der Waals surface area contributed by atoms with Crippen molar-refractivity contribution in [1.82, 2.24) is 0 Å². The predicted octanol–water partition coefficient (Wildman–Crippen LogP) is 5.76. The van der Waals surface area contributed by atoms with Crippen molar-refractivity contribution < 1.29 is 14.8 Å². The highest BCUT2D eigenvalue weighted by Gasteiger charge is 1.96. The lowest BCUT2D eigenvalue weighted by atomic mass is 10.0. The maximum absolute atomic E-state index is 9.92. The van der Waals surface area contributed by atoms with Gasteiger partial charge < -0.3 is 14.8 Å². The lowest BCUT2D eigenvalue weighted by molar-refractivity contribution is -0.858. The highest BCUT2D eigenvalue weighted by atomic mass is 16.4. The molecule has 0 unspecified atom stereocenters. The van der Waals surface area contributed by atoms with Crippen LogP contribution < -0.4 is 10.0 Å². The van der Waals surface area contributed by atoms with E-state index >= 15 is 0 Å². The number of carbonyl (C=O) groups excluding carboxylic acids is 1. The van der Waals surface area contributed by atoms with E-state index in [1.54, 1.807) is 4.90 Å². The lowest BCUT2D eigenvalue weighted by Crippen LogP contribution is -3.05. The molecule has 0 aliphatic carbocycles. The van der Waals surface area contributed by atoms with Gasteiger partial charge >= 0.3 is 0 Å². The third kappa shape index (κ3) is 24.9. The van der Waals surface area contributed by atoms with Crippen LogP contribution in [0.2, 0.25) is 0 Å². The Kier molecular flexibility index (Phi) is 23.3. The van der Waals surface area contributed by atoms with E-state index < -0.39 is 5.97 Å². The highest BCUT2D eigenvalue weighted by molar-refractivity contribution is 5.64. The standard InChI is InChI=1S/C21H37N.C8H16O2/c1-22(2)20-16-11-9-7-5-3-4-6-8-10-13-17-21-18-14-12-15-19-21;1-2-3-4-5-6-7-8(9)10/h12,14-15,18-19H,3-11,13,16-17,20H2,1-2H3;2-7H2,1H3,(H,9,10). The van der Waals surface area contributed by atoms with Crippen molar-refractivity contribution in [3.05, 3.63) is 35.9 Å². The molecule has 0 aliphatic rings. The molecule has 0 saturated heterocycles. The molecule has 0 fully saturated rings. The van der Waals surface area contributed by atoms with Gasteiger partial charge in [-0.25, -0.2) is 0 Å². The monoisotopic (exact) mass is 447 g/mol. The molecule has 3 heteroatoms. The van der Waals surface area contributed by atoms with Crippen LogP contribution in [0, 0.1) is 0 Å². The van der Waals surface area contributed by atoms with E-state index in [1.165, 1.54) is 102 Å². The molecule has 0 saturated carbocycles. The molecule has 32 heavy (non-hydrogen) atoms. The fraction of sp³-hybridized carbons (Fsp3) is 0.759. The molecular weight excluding hydrogens is 394 g/mol. The fourth-order valence-electron chi connectivity index (χ4n) is 3.92. The summed E-state index contributed by atoms with van der Waals surface area (Å²) >= 11 is 0. The van der Waals surface area contributed by atoms with Gasteiger partial charge in [0.05, 0.1) is 20.6 Å². The van der Waals surface area contributed by atoms with E-state index in [2.05, 4.69) is 51.4 Å².